The molecule has 6 heteroatoms. The van der Waals surface area contributed by atoms with Crippen LogP contribution in [0.15, 0.2) is 0 Å². The largest absolute Gasteiger partial charge is 0.383 e. The molecule has 0 radical (unpaired) electrons. The maximum Gasteiger partial charge on any atom is 0.159 e. The van der Waals surface area contributed by atoms with Crippen molar-refractivity contribution >= 4 is 22.8 Å². The van der Waals surface area contributed by atoms with Gasteiger partial charge >= 0.3 is 0 Å². The average Bonchev–Trinajstić information content (AvgIpc) is 2.95. The average molecular weight is 299 g/mol. The van der Waals surface area contributed by atoms with E-state index in [1.165, 1.54) is 0 Å². The minimum atomic E-state index is 0.268. The number of ether oxygens (including phenoxy) is 1. The highest BCUT2D eigenvalue weighted by molar-refractivity contribution is 6.17. The van der Waals surface area contributed by atoms with E-state index in [2.05, 4.69) is 23.5 Å². The number of nitrogens with zero attached hydrogens (tertiary/aromatic N) is 4. The van der Waals surface area contributed by atoms with Crippen LogP contribution in [0.3, 0.4) is 0 Å². The number of aryl methyl sites for hydroxylation is 3. The van der Waals surface area contributed by atoms with Crippen molar-refractivity contribution in [3.8, 4) is 0 Å². The molecule has 20 heavy (non-hydrogen) atoms. The first-order valence-corrected chi connectivity index (χ1v) is 7.70. The van der Waals surface area contributed by atoms with Crippen LogP contribution in [-0.4, -0.2) is 38.9 Å². The first-order valence-electron chi connectivity index (χ1n) is 7.16. The molecule has 112 valence electrons. The predicted octanol–water partition coefficient (Wildman–Crippen LogP) is 2.94. The minimum Gasteiger partial charge on any atom is -0.383 e. The fourth-order valence-corrected chi connectivity index (χ4v) is 2.84. The summed E-state index contributed by atoms with van der Waals surface area (Å²) in [6.07, 6.45) is 1.75. The summed E-state index contributed by atoms with van der Waals surface area (Å²) < 4.78 is 9.66. The summed E-state index contributed by atoms with van der Waals surface area (Å²) in [6, 6.07) is 0.268. The number of hydrogen-bond acceptors (Lipinski definition) is 3. The zero-order valence-electron chi connectivity index (χ0n) is 12.7. The highest BCUT2D eigenvalue weighted by Crippen LogP contribution is 2.26. The second-order valence-corrected chi connectivity index (χ2v) is 5.31. The maximum absolute atomic E-state index is 5.93. The van der Waals surface area contributed by atoms with Gasteiger partial charge in [-0.2, -0.15) is 5.10 Å². The van der Waals surface area contributed by atoms with Crippen molar-refractivity contribution in [3.05, 3.63) is 11.5 Å². The van der Waals surface area contributed by atoms with E-state index in [0.717, 1.165) is 42.1 Å². The van der Waals surface area contributed by atoms with Crippen LogP contribution >= 0.6 is 11.6 Å². The van der Waals surface area contributed by atoms with E-state index in [1.54, 1.807) is 7.11 Å². The Morgan fingerprint density at radius 3 is 2.65 bits per heavy atom. The Labute approximate surface area is 124 Å². The molecule has 0 bridgehead atoms. The molecule has 5 nitrogen and oxygen atoms in total. The van der Waals surface area contributed by atoms with E-state index in [0.29, 0.717) is 12.5 Å². The summed E-state index contributed by atoms with van der Waals surface area (Å²) in [4.78, 5) is 4.76. The molecule has 0 fully saturated rings. The zero-order chi connectivity index (χ0) is 14.7. The van der Waals surface area contributed by atoms with Gasteiger partial charge in [-0.25, -0.2) is 9.67 Å². The number of methoxy groups -OCH3 is 1. The molecule has 0 saturated carbocycles. The van der Waals surface area contributed by atoms with E-state index in [1.807, 2.05) is 11.6 Å². The highest BCUT2D eigenvalue weighted by atomic mass is 35.5. The lowest BCUT2D eigenvalue weighted by Crippen LogP contribution is -2.19. The molecule has 0 aliphatic rings. The van der Waals surface area contributed by atoms with Crippen LogP contribution in [0.5, 0.6) is 0 Å². The molecule has 0 spiro atoms. The second kappa shape index (κ2) is 6.59. The second-order valence-electron chi connectivity index (χ2n) is 4.93. The van der Waals surface area contributed by atoms with Gasteiger partial charge in [0.05, 0.1) is 18.3 Å². The number of halogens is 1. The van der Waals surface area contributed by atoms with Gasteiger partial charge in [0.25, 0.3) is 0 Å². The van der Waals surface area contributed by atoms with E-state index in [9.17, 15) is 0 Å². The van der Waals surface area contributed by atoms with Crippen molar-refractivity contribution in [2.45, 2.75) is 46.2 Å². The fourth-order valence-electron chi connectivity index (χ4n) is 2.67. The molecule has 0 aromatic carbocycles. The molecule has 0 amide bonds. The molecular formula is C14H23ClN4O. The van der Waals surface area contributed by atoms with E-state index in [4.69, 9.17) is 21.3 Å². The van der Waals surface area contributed by atoms with Crippen LogP contribution in [0, 0.1) is 6.92 Å². The lowest BCUT2D eigenvalue weighted by atomic mass is 10.2. The lowest BCUT2D eigenvalue weighted by Gasteiger charge is -2.19. The van der Waals surface area contributed by atoms with Crippen LogP contribution in [0.4, 0.5) is 0 Å². The number of aromatic nitrogens is 4. The van der Waals surface area contributed by atoms with Gasteiger partial charge in [-0.1, -0.05) is 6.92 Å². The van der Waals surface area contributed by atoms with Gasteiger partial charge in [-0.05, 0) is 20.3 Å². The summed E-state index contributed by atoms with van der Waals surface area (Å²) in [5.74, 6) is 1.60. The summed E-state index contributed by atoms with van der Waals surface area (Å²) in [5, 5.41) is 4.57. The third kappa shape index (κ3) is 2.56. The molecule has 2 heterocycles. The molecule has 0 aliphatic heterocycles. The van der Waals surface area contributed by atoms with Crippen LogP contribution in [0.25, 0.3) is 11.2 Å². The smallest absolute Gasteiger partial charge is 0.159 e. The molecule has 2 rings (SSSR count). The van der Waals surface area contributed by atoms with Gasteiger partial charge < -0.3 is 9.30 Å². The number of rotatable bonds is 7. The zero-order valence-corrected chi connectivity index (χ0v) is 13.4. The Kier molecular flexibility index (Phi) is 5.05. The third-order valence-corrected chi connectivity index (χ3v) is 3.82. The lowest BCUT2D eigenvalue weighted by molar-refractivity contribution is 0.153. The quantitative estimate of drug-likeness (QED) is 0.738. The number of alkyl halides is 1. The van der Waals surface area contributed by atoms with E-state index in [-0.39, 0.29) is 6.04 Å². The topological polar surface area (TPSA) is 44.9 Å². The molecule has 2 aromatic heterocycles. The van der Waals surface area contributed by atoms with Gasteiger partial charge in [-0.3, -0.25) is 0 Å². The molecule has 0 aliphatic carbocycles. The van der Waals surface area contributed by atoms with Crippen LogP contribution in [0.2, 0.25) is 0 Å². The minimum absolute atomic E-state index is 0.268. The summed E-state index contributed by atoms with van der Waals surface area (Å²) >= 11 is 5.93. The first-order chi connectivity index (χ1) is 9.67. The Bertz CT molecular complexity index is 575. The van der Waals surface area contributed by atoms with Crippen LogP contribution in [0.1, 0.15) is 37.8 Å². The molecule has 1 unspecified atom stereocenters. The SMILES string of the molecule is CCC(COC)n1c(CCCl)nc2c(C)nn(CC)c21. The molecule has 0 N–H and O–H groups in total. The standard InChI is InChI=1S/C14H23ClN4O/c1-5-11(9-20-4)19-12(7-8-15)16-13-10(3)17-18(6-2)14(13)19/h11H,5-9H2,1-4H3. The van der Waals surface area contributed by atoms with E-state index >= 15 is 0 Å². The first kappa shape index (κ1) is 15.3. The Morgan fingerprint density at radius 1 is 1.35 bits per heavy atom. The maximum atomic E-state index is 5.93. The molecule has 2 aromatic rings. The van der Waals surface area contributed by atoms with E-state index < -0.39 is 0 Å². The summed E-state index contributed by atoms with van der Waals surface area (Å²) in [5.41, 5.74) is 3.05. The van der Waals surface area contributed by atoms with Gasteiger partial charge in [0.1, 0.15) is 11.3 Å². The van der Waals surface area contributed by atoms with Crippen molar-refractivity contribution in [2.24, 2.45) is 0 Å². The van der Waals surface area contributed by atoms with Gasteiger partial charge in [-0.15, -0.1) is 11.6 Å². The molecule has 0 saturated heterocycles. The Hall–Kier alpha value is -1.07. The van der Waals surface area contributed by atoms with Crippen LogP contribution in [-0.2, 0) is 17.7 Å². The van der Waals surface area contributed by atoms with Crippen molar-refractivity contribution in [2.75, 3.05) is 19.6 Å². The van der Waals surface area contributed by atoms with Gasteiger partial charge in [0, 0.05) is 26.0 Å². The van der Waals surface area contributed by atoms with Gasteiger partial charge in [0.2, 0.25) is 0 Å². The number of imidazole rings is 1. The number of hydrogen-bond donors (Lipinski definition) is 0. The highest BCUT2D eigenvalue weighted by Gasteiger charge is 2.22. The van der Waals surface area contributed by atoms with Crippen molar-refractivity contribution in [3.63, 3.8) is 0 Å². The van der Waals surface area contributed by atoms with Crippen molar-refractivity contribution in [1.82, 2.24) is 19.3 Å². The Balaban J connectivity index is 2.65. The predicted molar refractivity (Wildman–Crippen MR) is 81.6 cm³/mol. The molecule has 1 atom stereocenters. The fraction of sp³-hybridized carbons (Fsp3) is 0.714. The molecular weight excluding hydrogens is 276 g/mol. The number of fused-ring (bicyclic) bond motifs is 1. The normalized spacial score (nSPS) is 13.2. The van der Waals surface area contributed by atoms with Crippen LogP contribution < -0.4 is 0 Å². The summed E-state index contributed by atoms with van der Waals surface area (Å²) in [6.45, 7) is 7.78. The summed E-state index contributed by atoms with van der Waals surface area (Å²) in [7, 11) is 1.74. The van der Waals surface area contributed by atoms with Gasteiger partial charge in [0.15, 0.2) is 5.65 Å². The van der Waals surface area contributed by atoms with Crippen molar-refractivity contribution < 1.29 is 4.74 Å². The third-order valence-electron chi connectivity index (χ3n) is 3.63. The Morgan fingerprint density at radius 2 is 2.10 bits per heavy atom. The van der Waals surface area contributed by atoms with Crippen molar-refractivity contribution in [1.29, 1.82) is 0 Å². The monoisotopic (exact) mass is 298 g/mol.